The lowest BCUT2D eigenvalue weighted by molar-refractivity contribution is 0.553. The predicted molar refractivity (Wildman–Crippen MR) is 63.1 cm³/mol. The lowest BCUT2D eigenvalue weighted by Gasteiger charge is -2.05. The molecule has 0 spiro atoms. The fourth-order valence-electron chi connectivity index (χ4n) is 1.66. The summed E-state index contributed by atoms with van der Waals surface area (Å²) in [6, 6.07) is 3.96. The molecule has 1 N–H and O–H groups in total. The third-order valence-corrected chi connectivity index (χ3v) is 2.77. The van der Waals surface area contributed by atoms with Crippen LogP contribution in [0.4, 0.5) is 0 Å². The normalized spacial score (nSPS) is 11.5. The zero-order valence-electron chi connectivity index (χ0n) is 8.63. The molecule has 0 amide bonds. The van der Waals surface area contributed by atoms with Crippen LogP contribution in [0.15, 0.2) is 25.8 Å². The highest BCUT2D eigenvalue weighted by molar-refractivity contribution is 9.10. The van der Waals surface area contributed by atoms with Crippen LogP contribution in [0, 0.1) is 5.92 Å². The van der Waals surface area contributed by atoms with E-state index in [1.807, 2.05) is 12.1 Å². The fraction of sp³-hybridized carbons (Fsp3) is 0.364. The highest BCUT2D eigenvalue weighted by Gasteiger charge is 2.08. The molecular weight excluding hydrogens is 258 g/mol. The molecule has 0 saturated carbocycles. The minimum absolute atomic E-state index is 0.410. The summed E-state index contributed by atoms with van der Waals surface area (Å²) in [5.41, 5.74) is 2.54. The molecular formula is C11H12BrNO2. The van der Waals surface area contributed by atoms with Crippen molar-refractivity contribution in [3.63, 3.8) is 0 Å². The molecule has 0 bridgehead atoms. The summed E-state index contributed by atoms with van der Waals surface area (Å²) >= 11 is 3.40. The van der Waals surface area contributed by atoms with Crippen molar-refractivity contribution in [2.75, 3.05) is 0 Å². The Morgan fingerprint density at radius 3 is 2.87 bits per heavy atom. The maximum Gasteiger partial charge on any atom is 0.417 e. The summed E-state index contributed by atoms with van der Waals surface area (Å²) in [7, 11) is 0. The minimum Gasteiger partial charge on any atom is -0.407 e. The Morgan fingerprint density at radius 1 is 1.47 bits per heavy atom. The molecule has 0 atom stereocenters. The molecule has 1 aromatic heterocycles. The number of rotatable bonds is 2. The Kier molecular flexibility index (Phi) is 2.69. The number of hydrogen-bond acceptors (Lipinski definition) is 2. The molecule has 0 aliphatic rings. The van der Waals surface area contributed by atoms with Gasteiger partial charge >= 0.3 is 5.76 Å². The van der Waals surface area contributed by atoms with Crippen molar-refractivity contribution in [2.45, 2.75) is 20.3 Å². The molecule has 2 rings (SSSR count). The number of benzene rings is 1. The van der Waals surface area contributed by atoms with E-state index in [9.17, 15) is 4.79 Å². The highest BCUT2D eigenvalue weighted by Crippen LogP contribution is 2.24. The van der Waals surface area contributed by atoms with Crippen molar-refractivity contribution in [3.05, 3.63) is 32.7 Å². The number of aromatic amines is 1. The van der Waals surface area contributed by atoms with Crippen LogP contribution in [0.25, 0.3) is 11.1 Å². The first-order chi connectivity index (χ1) is 7.06. The van der Waals surface area contributed by atoms with E-state index in [-0.39, 0.29) is 0 Å². The quantitative estimate of drug-likeness (QED) is 0.911. The predicted octanol–water partition coefficient (Wildman–Crippen LogP) is 3.08. The molecule has 0 unspecified atom stereocenters. The van der Waals surface area contributed by atoms with E-state index in [0.717, 1.165) is 16.4 Å². The zero-order valence-corrected chi connectivity index (χ0v) is 10.2. The van der Waals surface area contributed by atoms with Crippen molar-refractivity contribution >= 4 is 27.0 Å². The van der Waals surface area contributed by atoms with E-state index in [1.165, 1.54) is 5.56 Å². The van der Waals surface area contributed by atoms with Crippen molar-refractivity contribution in [3.8, 4) is 0 Å². The Bertz CT molecular complexity index is 539. The van der Waals surface area contributed by atoms with Gasteiger partial charge in [0, 0.05) is 0 Å². The molecule has 80 valence electrons. The van der Waals surface area contributed by atoms with E-state index in [2.05, 4.69) is 34.8 Å². The van der Waals surface area contributed by atoms with E-state index in [1.54, 1.807) is 0 Å². The number of hydrogen-bond donors (Lipinski definition) is 1. The molecule has 0 aliphatic heterocycles. The zero-order chi connectivity index (χ0) is 11.0. The molecule has 0 radical (unpaired) electrons. The van der Waals surface area contributed by atoms with Crippen LogP contribution < -0.4 is 5.76 Å². The number of oxazole rings is 1. The van der Waals surface area contributed by atoms with Crippen molar-refractivity contribution in [1.29, 1.82) is 0 Å². The van der Waals surface area contributed by atoms with Gasteiger partial charge in [-0.05, 0) is 46.0 Å². The van der Waals surface area contributed by atoms with Gasteiger partial charge < -0.3 is 4.42 Å². The van der Waals surface area contributed by atoms with Crippen LogP contribution in [-0.2, 0) is 6.42 Å². The fourth-order valence-corrected chi connectivity index (χ4v) is 2.25. The van der Waals surface area contributed by atoms with Crippen LogP contribution in [-0.4, -0.2) is 4.98 Å². The first-order valence-corrected chi connectivity index (χ1v) is 5.67. The third-order valence-electron chi connectivity index (χ3n) is 2.18. The summed E-state index contributed by atoms with van der Waals surface area (Å²) in [5.74, 6) is 0.181. The van der Waals surface area contributed by atoms with Gasteiger partial charge in [-0.1, -0.05) is 13.8 Å². The van der Waals surface area contributed by atoms with Gasteiger partial charge in [0.25, 0.3) is 0 Å². The lowest BCUT2D eigenvalue weighted by atomic mass is 10.0. The second-order valence-corrected chi connectivity index (χ2v) is 4.92. The Balaban J connectivity index is 2.56. The van der Waals surface area contributed by atoms with Gasteiger partial charge in [-0.3, -0.25) is 4.98 Å². The van der Waals surface area contributed by atoms with Gasteiger partial charge in [-0.15, -0.1) is 0 Å². The maximum absolute atomic E-state index is 11.0. The van der Waals surface area contributed by atoms with Gasteiger partial charge in [0.15, 0.2) is 5.58 Å². The second-order valence-electron chi connectivity index (χ2n) is 4.07. The minimum atomic E-state index is -0.410. The molecule has 15 heavy (non-hydrogen) atoms. The van der Waals surface area contributed by atoms with Crippen LogP contribution in [0.2, 0.25) is 0 Å². The van der Waals surface area contributed by atoms with E-state index < -0.39 is 5.76 Å². The Labute approximate surface area is 95.6 Å². The number of nitrogens with one attached hydrogen (secondary N) is 1. The number of H-pyrrole nitrogens is 1. The van der Waals surface area contributed by atoms with Crippen molar-refractivity contribution < 1.29 is 4.42 Å². The van der Waals surface area contributed by atoms with E-state index in [4.69, 9.17) is 4.42 Å². The molecule has 0 saturated heterocycles. The summed E-state index contributed by atoms with van der Waals surface area (Å²) < 4.78 is 5.83. The largest absolute Gasteiger partial charge is 0.417 e. The SMILES string of the molecule is CC(C)Cc1cc(Br)c2oc(=O)[nH]c2c1. The highest BCUT2D eigenvalue weighted by atomic mass is 79.9. The molecule has 4 heteroatoms. The summed E-state index contributed by atoms with van der Waals surface area (Å²) in [6.07, 6.45) is 0.988. The first-order valence-electron chi connectivity index (χ1n) is 4.87. The smallest absolute Gasteiger partial charge is 0.407 e. The molecule has 1 heterocycles. The van der Waals surface area contributed by atoms with Crippen LogP contribution in [0.5, 0.6) is 0 Å². The Hall–Kier alpha value is -1.03. The Morgan fingerprint density at radius 2 is 2.20 bits per heavy atom. The van der Waals surface area contributed by atoms with Crippen LogP contribution in [0.3, 0.4) is 0 Å². The van der Waals surface area contributed by atoms with Gasteiger partial charge in [-0.25, -0.2) is 4.79 Å². The number of fused-ring (bicyclic) bond motifs is 1. The topological polar surface area (TPSA) is 46.0 Å². The molecule has 3 nitrogen and oxygen atoms in total. The summed E-state index contributed by atoms with van der Waals surface area (Å²) in [6.45, 7) is 4.33. The van der Waals surface area contributed by atoms with Gasteiger partial charge in [-0.2, -0.15) is 0 Å². The van der Waals surface area contributed by atoms with E-state index >= 15 is 0 Å². The average molecular weight is 270 g/mol. The molecule has 2 aromatic rings. The average Bonchev–Trinajstić information content (AvgIpc) is 2.44. The van der Waals surface area contributed by atoms with Gasteiger partial charge in [0.2, 0.25) is 0 Å². The summed E-state index contributed by atoms with van der Waals surface area (Å²) in [4.78, 5) is 13.7. The number of halogens is 1. The lowest BCUT2D eigenvalue weighted by Crippen LogP contribution is -1.95. The monoisotopic (exact) mass is 269 g/mol. The molecule has 0 fully saturated rings. The number of aromatic nitrogens is 1. The van der Waals surface area contributed by atoms with Gasteiger partial charge in [0.05, 0.1) is 9.99 Å². The van der Waals surface area contributed by atoms with Gasteiger partial charge in [0.1, 0.15) is 0 Å². The molecule has 1 aromatic carbocycles. The molecule has 0 aliphatic carbocycles. The second kappa shape index (κ2) is 3.85. The van der Waals surface area contributed by atoms with Crippen molar-refractivity contribution in [2.24, 2.45) is 5.92 Å². The van der Waals surface area contributed by atoms with Crippen molar-refractivity contribution in [1.82, 2.24) is 4.98 Å². The van der Waals surface area contributed by atoms with Crippen LogP contribution >= 0.6 is 15.9 Å². The summed E-state index contributed by atoms with van der Waals surface area (Å²) in [5, 5.41) is 0. The van der Waals surface area contributed by atoms with Crippen LogP contribution in [0.1, 0.15) is 19.4 Å². The van der Waals surface area contributed by atoms with E-state index in [0.29, 0.717) is 11.5 Å². The standard InChI is InChI=1S/C11H12BrNO2/c1-6(2)3-7-4-8(12)10-9(5-7)13-11(14)15-10/h4-6H,3H2,1-2H3,(H,13,14). The first kappa shape index (κ1) is 10.5. The maximum atomic E-state index is 11.0. The third kappa shape index (κ3) is 2.15.